The van der Waals surface area contributed by atoms with Crippen LogP contribution < -0.4 is 5.32 Å². The molecule has 3 rings (SSSR count). The maximum atomic E-state index is 5.34. The van der Waals surface area contributed by atoms with Gasteiger partial charge in [0.2, 0.25) is 0 Å². The zero-order valence-corrected chi connectivity index (χ0v) is 10.8. The molecule has 0 spiro atoms. The summed E-state index contributed by atoms with van der Waals surface area (Å²) in [6.45, 7) is 3.62. The van der Waals surface area contributed by atoms with E-state index in [2.05, 4.69) is 25.3 Å². The van der Waals surface area contributed by atoms with Crippen molar-refractivity contribution in [2.24, 2.45) is 0 Å². The molecule has 0 amide bonds. The van der Waals surface area contributed by atoms with Crippen LogP contribution in [0.4, 0.5) is 0 Å². The normalized spacial score (nSPS) is 14.3. The highest BCUT2D eigenvalue weighted by Crippen LogP contribution is 2.17. The predicted molar refractivity (Wildman–Crippen MR) is 70.6 cm³/mol. The first-order valence-electron chi connectivity index (χ1n) is 5.87. The Balaban J connectivity index is 2.14. The molecule has 1 aliphatic rings. The van der Waals surface area contributed by atoms with Crippen LogP contribution in [0.2, 0.25) is 0 Å². The Morgan fingerprint density at radius 2 is 2.22 bits per heavy atom. The molecule has 3 heterocycles. The van der Waals surface area contributed by atoms with Crippen LogP contribution >= 0.6 is 12.2 Å². The van der Waals surface area contributed by atoms with Crippen molar-refractivity contribution in [1.29, 1.82) is 0 Å². The van der Waals surface area contributed by atoms with Gasteiger partial charge in [-0.3, -0.25) is 0 Å². The van der Waals surface area contributed by atoms with Gasteiger partial charge in [0.05, 0.1) is 0 Å². The summed E-state index contributed by atoms with van der Waals surface area (Å²) < 4.78 is 0.655. The number of nitrogens with one attached hydrogen (secondary N) is 2. The third kappa shape index (κ3) is 2.04. The molecule has 1 aliphatic heterocycles. The first-order valence-corrected chi connectivity index (χ1v) is 6.27. The fourth-order valence-corrected chi connectivity index (χ4v) is 2.36. The topological polar surface area (TPSA) is 66.5 Å². The van der Waals surface area contributed by atoms with Gasteiger partial charge in [0.25, 0.3) is 0 Å². The summed E-state index contributed by atoms with van der Waals surface area (Å²) in [6, 6.07) is 1.84. The molecule has 0 unspecified atom stereocenters. The molecule has 0 saturated carbocycles. The molecule has 5 nitrogen and oxygen atoms in total. The first-order chi connectivity index (χ1) is 8.74. The van der Waals surface area contributed by atoms with E-state index in [9.17, 15) is 0 Å². The highest BCUT2D eigenvalue weighted by Gasteiger charge is 2.14. The van der Waals surface area contributed by atoms with Crippen LogP contribution in [-0.4, -0.2) is 26.5 Å². The van der Waals surface area contributed by atoms with Crippen LogP contribution in [-0.2, 0) is 13.0 Å². The second-order valence-electron chi connectivity index (χ2n) is 4.26. The lowest BCUT2D eigenvalue weighted by atomic mass is 10.1. The molecule has 0 aromatic carbocycles. The minimum absolute atomic E-state index is 0.655. The highest BCUT2D eigenvalue weighted by molar-refractivity contribution is 7.71. The number of hydrogen-bond donors (Lipinski definition) is 2. The van der Waals surface area contributed by atoms with Crippen LogP contribution in [0.5, 0.6) is 0 Å². The van der Waals surface area contributed by atoms with Crippen molar-refractivity contribution < 1.29 is 0 Å². The van der Waals surface area contributed by atoms with E-state index in [1.165, 1.54) is 5.69 Å². The molecule has 0 radical (unpaired) electrons. The SMILES string of the molecule is Cc1nccc(-c2nc(=S)c3c([nH]2)CCNC3)n1. The zero-order valence-electron chi connectivity index (χ0n) is 10.0. The van der Waals surface area contributed by atoms with Crippen molar-refractivity contribution >= 4 is 12.2 Å². The van der Waals surface area contributed by atoms with E-state index in [-0.39, 0.29) is 0 Å². The highest BCUT2D eigenvalue weighted by atomic mass is 32.1. The van der Waals surface area contributed by atoms with Gasteiger partial charge in [0, 0.05) is 37.0 Å². The van der Waals surface area contributed by atoms with Gasteiger partial charge >= 0.3 is 0 Å². The molecular formula is C12H13N5S. The van der Waals surface area contributed by atoms with E-state index in [4.69, 9.17) is 12.2 Å². The van der Waals surface area contributed by atoms with Gasteiger partial charge in [0.1, 0.15) is 16.2 Å². The van der Waals surface area contributed by atoms with Crippen molar-refractivity contribution in [2.75, 3.05) is 6.54 Å². The lowest BCUT2D eigenvalue weighted by Crippen LogP contribution is -2.25. The van der Waals surface area contributed by atoms with E-state index in [1.54, 1.807) is 6.20 Å². The molecule has 18 heavy (non-hydrogen) atoms. The number of H-pyrrole nitrogens is 1. The molecule has 2 aromatic heterocycles. The summed E-state index contributed by atoms with van der Waals surface area (Å²) in [7, 11) is 0. The molecule has 0 fully saturated rings. The Labute approximate surface area is 110 Å². The van der Waals surface area contributed by atoms with Gasteiger partial charge in [-0.1, -0.05) is 12.2 Å². The molecule has 0 bridgehead atoms. The van der Waals surface area contributed by atoms with E-state index in [0.717, 1.165) is 42.4 Å². The van der Waals surface area contributed by atoms with Crippen LogP contribution in [0.1, 0.15) is 17.1 Å². The van der Waals surface area contributed by atoms with Crippen molar-refractivity contribution in [3.63, 3.8) is 0 Å². The summed E-state index contributed by atoms with van der Waals surface area (Å²) in [5.74, 6) is 1.46. The largest absolute Gasteiger partial charge is 0.341 e. The van der Waals surface area contributed by atoms with Gasteiger partial charge in [-0.05, 0) is 13.0 Å². The maximum Gasteiger partial charge on any atom is 0.157 e. The van der Waals surface area contributed by atoms with Crippen molar-refractivity contribution in [1.82, 2.24) is 25.3 Å². The van der Waals surface area contributed by atoms with E-state index >= 15 is 0 Å². The molecule has 0 atom stereocenters. The maximum absolute atomic E-state index is 5.34. The van der Waals surface area contributed by atoms with Crippen molar-refractivity contribution in [2.45, 2.75) is 19.9 Å². The first kappa shape index (κ1) is 11.4. The second-order valence-corrected chi connectivity index (χ2v) is 4.65. The number of aromatic nitrogens is 4. The van der Waals surface area contributed by atoms with Gasteiger partial charge in [-0.2, -0.15) is 0 Å². The molecule has 0 aliphatic carbocycles. The molecule has 92 valence electrons. The Hall–Kier alpha value is -1.66. The Bertz CT molecular complexity index is 649. The van der Waals surface area contributed by atoms with Crippen molar-refractivity contribution in [3.05, 3.63) is 34.0 Å². The van der Waals surface area contributed by atoms with Gasteiger partial charge in [0.15, 0.2) is 5.82 Å². The average Bonchev–Trinajstić information content (AvgIpc) is 2.39. The quantitative estimate of drug-likeness (QED) is 0.761. The predicted octanol–water partition coefficient (Wildman–Crippen LogP) is 1.55. The monoisotopic (exact) mass is 259 g/mol. The summed E-state index contributed by atoms with van der Waals surface area (Å²) >= 11 is 5.34. The fourth-order valence-electron chi connectivity index (χ4n) is 2.08. The Morgan fingerprint density at radius 3 is 3.06 bits per heavy atom. The summed E-state index contributed by atoms with van der Waals surface area (Å²) in [5, 5.41) is 3.30. The lowest BCUT2D eigenvalue weighted by Gasteiger charge is -2.17. The molecule has 6 heteroatoms. The van der Waals surface area contributed by atoms with E-state index < -0.39 is 0 Å². The third-order valence-electron chi connectivity index (χ3n) is 2.98. The van der Waals surface area contributed by atoms with Crippen LogP contribution in [0.25, 0.3) is 11.5 Å². The molecule has 2 aromatic rings. The van der Waals surface area contributed by atoms with Crippen LogP contribution in [0, 0.1) is 11.6 Å². The lowest BCUT2D eigenvalue weighted by molar-refractivity contribution is 0.624. The van der Waals surface area contributed by atoms with E-state index in [1.807, 2.05) is 13.0 Å². The van der Waals surface area contributed by atoms with Gasteiger partial charge in [-0.25, -0.2) is 15.0 Å². The smallest absolute Gasteiger partial charge is 0.157 e. The van der Waals surface area contributed by atoms with Gasteiger partial charge in [-0.15, -0.1) is 0 Å². The number of rotatable bonds is 1. The third-order valence-corrected chi connectivity index (χ3v) is 3.31. The molecule has 2 N–H and O–H groups in total. The Morgan fingerprint density at radius 1 is 1.33 bits per heavy atom. The van der Waals surface area contributed by atoms with E-state index in [0.29, 0.717) is 4.64 Å². The van der Waals surface area contributed by atoms with Gasteiger partial charge < -0.3 is 10.3 Å². The Kier molecular flexibility index (Phi) is 2.89. The second kappa shape index (κ2) is 4.55. The minimum Gasteiger partial charge on any atom is -0.341 e. The number of aryl methyl sites for hydroxylation is 1. The number of fused-ring (bicyclic) bond motifs is 1. The summed E-state index contributed by atoms with van der Waals surface area (Å²) in [6.07, 6.45) is 2.68. The van der Waals surface area contributed by atoms with Crippen molar-refractivity contribution in [3.8, 4) is 11.5 Å². The number of hydrogen-bond acceptors (Lipinski definition) is 5. The fraction of sp³-hybridized carbons (Fsp3) is 0.333. The standard InChI is InChI=1S/C12H13N5S/c1-7-14-5-3-10(15-7)11-16-9-2-4-13-6-8(9)12(18)17-11/h3,5,13H,2,4,6H2,1H3,(H,16,17,18). The minimum atomic E-state index is 0.655. The summed E-state index contributed by atoms with van der Waals surface area (Å²) in [4.78, 5) is 16.2. The molecule has 0 saturated heterocycles. The molecular weight excluding hydrogens is 246 g/mol. The van der Waals surface area contributed by atoms with Crippen LogP contribution in [0.15, 0.2) is 12.3 Å². The summed E-state index contributed by atoms with van der Waals surface area (Å²) in [5.41, 5.74) is 3.06. The zero-order chi connectivity index (χ0) is 12.5. The number of aromatic amines is 1. The average molecular weight is 259 g/mol. The number of nitrogens with zero attached hydrogens (tertiary/aromatic N) is 3. The van der Waals surface area contributed by atoms with Crippen LogP contribution in [0.3, 0.4) is 0 Å².